The van der Waals surface area contributed by atoms with E-state index in [2.05, 4.69) is 39.1 Å². The Bertz CT molecular complexity index is 418. The lowest BCUT2D eigenvalue weighted by Crippen LogP contribution is -2.30. The van der Waals surface area contributed by atoms with E-state index in [1.54, 1.807) is 0 Å². The summed E-state index contributed by atoms with van der Waals surface area (Å²) in [5.74, 6) is 1.36. The summed E-state index contributed by atoms with van der Waals surface area (Å²) in [6.45, 7) is 12.3. The maximum absolute atomic E-state index is 6.27. The fourth-order valence-corrected chi connectivity index (χ4v) is 2.70. The van der Waals surface area contributed by atoms with Crippen LogP contribution in [0.1, 0.15) is 57.6 Å². The Morgan fingerprint density at radius 3 is 2.55 bits per heavy atom. The van der Waals surface area contributed by atoms with Crippen LogP contribution in [0.4, 0.5) is 0 Å². The van der Waals surface area contributed by atoms with Crippen molar-refractivity contribution in [3.05, 3.63) is 28.3 Å². The van der Waals surface area contributed by atoms with Crippen molar-refractivity contribution in [2.24, 2.45) is 0 Å². The van der Waals surface area contributed by atoms with Gasteiger partial charge in [-0.3, -0.25) is 0 Å². The third-order valence-corrected chi connectivity index (χ3v) is 3.82. The highest BCUT2D eigenvalue weighted by molar-refractivity contribution is 6.31. The molecule has 3 heteroatoms. The first-order valence-corrected chi connectivity index (χ1v) is 7.99. The van der Waals surface area contributed by atoms with Crippen LogP contribution >= 0.6 is 11.6 Å². The SMILES string of the molecule is CCCC(C)NCCOc1cc(C(C)C)c(Cl)cc1C. The van der Waals surface area contributed by atoms with E-state index in [0.29, 0.717) is 18.6 Å². The molecule has 114 valence electrons. The third kappa shape index (κ3) is 5.34. The average Bonchev–Trinajstić information content (AvgIpc) is 2.36. The molecule has 1 aromatic carbocycles. The van der Waals surface area contributed by atoms with Gasteiger partial charge in [0.15, 0.2) is 0 Å². The van der Waals surface area contributed by atoms with E-state index < -0.39 is 0 Å². The standard InChI is InChI=1S/C17H28ClNO/c1-6-7-14(5)19-8-9-20-17-11-15(12(2)3)16(18)10-13(17)4/h10-12,14,19H,6-9H2,1-5H3. The van der Waals surface area contributed by atoms with E-state index >= 15 is 0 Å². The second-order valence-corrected chi connectivity index (χ2v) is 6.19. The maximum Gasteiger partial charge on any atom is 0.122 e. The summed E-state index contributed by atoms with van der Waals surface area (Å²) in [7, 11) is 0. The minimum atomic E-state index is 0.410. The molecule has 0 aliphatic rings. The third-order valence-electron chi connectivity index (χ3n) is 3.49. The summed E-state index contributed by atoms with van der Waals surface area (Å²) in [6, 6.07) is 4.64. The number of rotatable bonds is 8. The smallest absolute Gasteiger partial charge is 0.122 e. The van der Waals surface area contributed by atoms with E-state index in [1.807, 2.05) is 13.0 Å². The molecule has 0 aliphatic carbocycles. The van der Waals surface area contributed by atoms with Crippen LogP contribution in [0.25, 0.3) is 0 Å². The Kier molecular flexibility index (Phi) is 7.39. The van der Waals surface area contributed by atoms with Crippen molar-refractivity contribution < 1.29 is 4.74 Å². The van der Waals surface area contributed by atoms with Gasteiger partial charge in [-0.15, -0.1) is 0 Å². The molecule has 0 radical (unpaired) electrons. The molecule has 1 rings (SSSR count). The highest BCUT2D eigenvalue weighted by Crippen LogP contribution is 2.31. The van der Waals surface area contributed by atoms with Crippen molar-refractivity contribution in [3.8, 4) is 5.75 Å². The zero-order valence-electron chi connectivity index (χ0n) is 13.4. The topological polar surface area (TPSA) is 21.3 Å². The molecular formula is C17H28ClNO. The normalized spacial score (nSPS) is 12.8. The van der Waals surface area contributed by atoms with Crippen molar-refractivity contribution in [1.29, 1.82) is 0 Å². The van der Waals surface area contributed by atoms with Gasteiger partial charge in [-0.25, -0.2) is 0 Å². The van der Waals surface area contributed by atoms with Gasteiger partial charge in [-0.1, -0.05) is 38.8 Å². The van der Waals surface area contributed by atoms with Gasteiger partial charge in [-0.05, 0) is 49.4 Å². The van der Waals surface area contributed by atoms with Crippen LogP contribution in [0.2, 0.25) is 5.02 Å². The molecule has 1 N–H and O–H groups in total. The molecule has 1 atom stereocenters. The zero-order valence-corrected chi connectivity index (χ0v) is 14.2. The molecule has 0 fully saturated rings. The molecule has 2 nitrogen and oxygen atoms in total. The van der Waals surface area contributed by atoms with Crippen molar-refractivity contribution in [1.82, 2.24) is 5.32 Å². The summed E-state index contributed by atoms with van der Waals surface area (Å²) < 4.78 is 5.89. The van der Waals surface area contributed by atoms with Crippen LogP contribution in [0, 0.1) is 6.92 Å². The lowest BCUT2D eigenvalue weighted by Gasteiger charge is -2.16. The first kappa shape index (κ1) is 17.3. The summed E-state index contributed by atoms with van der Waals surface area (Å²) >= 11 is 6.27. The molecule has 20 heavy (non-hydrogen) atoms. The van der Waals surface area contributed by atoms with Gasteiger partial charge in [-0.2, -0.15) is 0 Å². The van der Waals surface area contributed by atoms with Gasteiger partial charge in [0.05, 0.1) is 0 Å². The largest absolute Gasteiger partial charge is 0.492 e. The van der Waals surface area contributed by atoms with Crippen LogP contribution in [-0.4, -0.2) is 19.2 Å². The Balaban J connectivity index is 2.53. The van der Waals surface area contributed by atoms with Crippen molar-refractivity contribution in [2.45, 2.75) is 59.4 Å². The second-order valence-electron chi connectivity index (χ2n) is 5.79. The predicted octanol–water partition coefficient (Wildman–Crippen LogP) is 4.93. The Morgan fingerprint density at radius 2 is 1.95 bits per heavy atom. The number of aryl methyl sites for hydroxylation is 1. The lowest BCUT2D eigenvalue weighted by atomic mass is 10.0. The van der Waals surface area contributed by atoms with Gasteiger partial charge in [0, 0.05) is 17.6 Å². The van der Waals surface area contributed by atoms with Crippen LogP contribution in [0.3, 0.4) is 0 Å². The van der Waals surface area contributed by atoms with Crippen LogP contribution in [0.15, 0.2) is 12.1 Å². The number of benzene rings is 1. The fourth-order valence-electron chi connectivity index (χ4n) is 2.27. The zero-order chi connectivity index (χ0) is 15.1. The van der Waals surface area contributed by atoms with Crippen molar-refractivity contribution in [2.75, 3.05) is 13.2 Å². The molecule has 0 amide bonds. The quantitative estimate of drug-likeness (QED) is 0.687. The van der Waals surface area contributed by atoms with Gasteiger partial charge in [0.1, 0.15) is 12.4 Å². The Morgan fingerprint density at radius 1 is 1.25 bits per heavy atom. The highest BCUT2D eigenvalue weighted by Gasteiger charge is 2.10. The van der Waals surface area contributed by atoms with Crippen LogP contribution < -0.4 is 10.1 Å². The molecule has 0 bridgehead atoms. The van der Waals surface area contributed by atoms with E-state index in [4.69, 9.17) is 16.3 Å². The molecule has 1 aromatic rings. The van der Waals surface area contributed by atoms with Gasteiger partial charge in [0.25, 0.3) is 0 Å². The first-order valence-electron chi connectivity index (χ1n) is 7.61. The minimum Gasteiger partial charge on any atom is -0.492 e. The van der Waals surface area contributed by atoms with Crippen molar-refractivity contribution >= 4 is 11.6 Å². The number of nitrogens with one attached hydrogen (secondary N) is 1. The van der Waals surface area contributed by atoms with E-state index in [-0.39, 0.29) is 0 Å². The van der Waals surface area contributed by atoms with Gasteiger partial charge >= 0.3 is 0 Å². The molecule has 0 aromatic heterocycles. The second kappa shape index (κ2) is 8.53. The van der Waals surface area contributed by atoms with Crippen LogP contribution in [0.5, 0.6) is 5.75 Å². The maximum atomic E-state index is 6.27. The Hall–Kier alpha value is -0.730. The monoisotopic (exact) mass is 297 g/mol. The Labute approximate surface area is 128 Å². The minimum absolute atomic E-state index is 0.410. The van der Waals surface area contributed by atoms with Gasteiger partial charge < -0.3 is 10.1 Å². The average molecular weight is 298 g/mol. The van der Waals surface area contributed by atoms with Crippen LogP contribution in [-0.2, 0) is 0 Å². The molecule has 0 heterocycles. The number of halogens is 1. The molecule has 1 unspecified atom stereocenters. The summed E-state index contributed by atoms with van der Waals surface area (Å²) in [5.41, 5.74) is 2.25. The molecule has 0 aliphatic heterocycles. The number of hydrogen-bond acceptors (Lipinski definition) is 2. The predicted molar refractivity (Wildman–Crippen MR) is 88.1 cm³/mol. The lowest BCUT2D eigenvalue weighted by molar-refractivity contribution is 0.302. The summed E-state index contributed by atoms with van der Waals surface area (Å²) in [4.78, 5) is 0. The molecule has 0 saturated heterocycles. The summed E-state index contributed by atoms with van der Waals surface area (Å²) in [5, 5.41) is 4.30. The molecule has 0 spiro atoms. The van der Waals surface area contributed by atoms with E-state index in [1.165, 1.54) is 12.8 Å². The van der Waals surface area contributed by atoms with Gasteiger partial charge in [0.2, 0.25) is 0 Å². The number of hydrogen-bond donors (Lipinski definition) is 1. The molecular weight excluding hydrogens is 270 g/mol. The first-order chi connectivity index (χ1) is 9.45. The number of ether oxygens (including phenoxy) is 1. The van der Waals surface area contributed by atoms with E-state index in [0.717, 1.165) is 28.4 Å². The van der Waals surface area contributed by atoms with Crippen molar-refractivity contribution in [3.63, 3.8) is 0 Å². The highest BCUT2D eigenvalue weighted by atomic mass is 35.5. The summed E-state index contributed by atoms with van der Waals surface area (Å²) in [6.07, 6.45) is 2.42. The fraction of sp³-hybridized carbons (Fsp3) is 0.647. The molecule has 0 saturated carbocycles. The van der Waals surface area contributed by atoms with E-state index in [9.17, 15) is 0 Å².